The number of nitrogens with zero attached hydrogens (tertiary/aromatic N) is 1. The zero-order chi connectivity index (χ0) is 17.4. The summed E-state index contributed by atoms with van der Waals surface area (Å²) in [4.78, 5) is 29.0. The molecule has 1 aliphatic carbocycles. The number of anilines is 1. The van der Waals surface area contributed by atoms with E-state index in [1.807, 2.05) is 23.2 Å². The Morgan fingerprint density at radius 3 is 3.08 bits per heavy atom. The van der Waals surface area contributed by atoms with Crippen LogP contribution in [0.4, 0.5) is 5.82 Å². The van der Waals surface area contributed by atoms with E-state index in [9.17, 15) is 9.59 Å². The number of H-pyrrole nitrogens is 1. The van der Waals surface area contributed by atoms with Crippen LogP contribution in [0.15, 0.2) is 30.0 Å². The van der Waals surface area contributed by atoms with E-state index in [1.54, 1.807) is 11.6 Å². The largest absolute Gasteiger partial charge is 0.338 e. The number of rotatable bonds is 3. The van der Waals surface area contributed by atoms with Crippen LogP contribution in [0.3, 0.4) is 0 Å². The Balaban J connectivity index is 1.40. The van der Waals surface area contributed by atoms with Crippen molar-refractivity contribution in [3.63, 3.8) is 0 Å². The zero-order valence-electron chi connectivity index (χ0n) is 14.5. The number of aromatic amines is 1. The number of pyridine rings is 1. The number of aryl methyl sites for hydroxylation is 1. The molecule has 1 aromatic heterocycles. The number of likely N-dealkylation sites (tertiary alicyclic amines) is 1. The highest BCUT2D eigenvalue weighted by atomic mass is 16.2. The lowest BCUT2D eigenvalue weighted by Crippen LogP contribution is -2.27. The zero-order valence-corrected chi connectivity index (χ0v) is 14.5. The summed E-state index contributed by atoms with van der Waals surface area (Å²) in [5.41, 5.74) is 3.59. The van der Waals surface area contributed by atoms with Gasteiger partial charge in [-0.25, -0.2) is 15.1 Å². The highest BCUT2D eigenvalue weighted by Gasteiger charge is 2.36. The number of allylic oxidation sites excluding steroid dienone is 1. The molecule has 2 N–H and O–H groups in total. The summed E-state index contributed by atoms with van der Waals surface area (Å²) >= 11 is 0. The molecule has 3 aliphatic rings. The van der Waals surface area contributed by atoms with E-state index in [-0.39, 0.29) is 11.8 Å². The van der Waals surface area contributed by atoms with Crippen molar-refractivity contribution in [1.29, 1.82) is 0 Å². The van der Waals surface area contributed by atoms with Crippen molar-refractivity contribution < 1.29 is 14.6 Å². The molecule has 5 heteroatoms. The summed E-state index contributed by atoms with van der Waals surface area (Å²) < 4.78 is 0. The van der Waals surface area contributed by atoms with Crippen LogP contribution in [0.5, 0.6) is 0 Å². The number of fused-ring (bicyclic) bond motifs is 2. The molecule has 4 rings (SSSR count). The summed E-state index contributed by atoms with van der Waals surface area (Å²) in [6.07, 6.45) is 11.3. The molecule has 130 valence electrons. The average Bonchev–Trinajstić information content (AvgIpc) is 3.18. The van der Waals surface area contributed by atoms with Gasteiger partial charge in [-0.2, -0.15) is 0 Å². The van der Waals surface area contributed by atoms with E-state index < -0.39 is 0 Å². The van der Waals surface area contributed by atoms with Crippen molar-refractivity contribution in [1.82, 2.24) is 4.90 Å². The molecule has 1 fully saturated rings. The number of amides is 2. The molecule has 0 aromatic carbocycles. The summed E-state index contributed by atoms with van der Waals surface area (Å²) in [6, 6.07) is 2.03. The summed E-state index contributed by atoms with van der Waals surface area (Å²) in [7, 11) is 0. The summed E-state index contributed by atoms with van der Waals surface area (Å²) in [5.74, 6) is 2.07. The van der Waals surface area contributed by atoms with Gasteiger partial charge in [0.2, 0.25) is 5.91 Å². The molecule has 0 radical (unpaired) electrons. The topological polar surface area (TPSA) is 63.6 Å². The molecule has 0 saturated carbocycles. The molecule has 0 spiro atoms. The maximum Gasteiger partial charge on any atom is 0.307 e. The predicted molar refractivity (Wildman–Crippen MR) is 95.5 cm³/mol. The van der Waals surface area contributed by atoms with Gasteiger partial charge in [-0.15, -0.1) is 0 Å². The normalized spacial score (nSPS) is 24.9. The smallest absolute Gasteiger partial charge is 0.307 e. The highest BCUT2D eigenvalue weighted by Crippen LogP contribution is 2.37. The molecule has 3 heterocycles. The minimum atomic E-state index is 0.0436. The molecule has 2 atom stereocenters. The van der Waals surface area contributed by atoms with Gasteiger partial charge < -0.3 is 4.90 Å². The van der Waals surface area contributed by atoms with E-state index >= 15 is 0 Å². The maximum atomic E-state index is 12.5. The molecule has 2 unspecified atom stereocenters. The first-order chi connectivity index (χ1) is 12.1. The first kappa shape index (κ1) is 16.1. The maximum absolute atomic E-state index is 12.5. The van der Waals surface area contributed by atoms with Crippen LogP contribution >= 0.6 is 0 Å². The number of nitrogens with one attached hydrogen (secondary N) is 2. The van der Waals surface area contributed by atoms with Gasteiger partial charge in [-0.1, -0.05) is 18.6 Å². The van der Waals surface area contributed by atoms with Crippen molar-refractivity contribution in [2.75, 3.05) is 18.4 Å². The van der Waals surface area contributed by atoms with Gasteiger partial charge in [0.15, 0.2) is 0 Å². The second-order valence-electron chi connectivity index (χ2n) is 7.26. The molecule has 2 aliphatic heterocycles. The molecule has 0 bridgehead atoms. The molecule has 2 amide bonds. The Bertz CT molecular complexity index is 781. The first-order valence-electron chi connectivity index (χ1n) is 9.13. The number of hydrogen-bond acceptors (Lipinski definition) is 2. The van der Waals surface area contributed by atoms with Crippen LogP contribution < -0.4 is 10.3 Å². The highest BCUT2D eigenvalue weighted by molar-refractivity contribution is 5.93. The third-order valence-corrected chi connectivity index (χ3v) is 5.58. The summed E-state index contributed by atoms with van der Waals surface area (Å²) in [6.45, 7) is 3.93. The Morgan fingerprint density at radius 2 is 2.28 bits per heavy atom. The Hall–Kier alpha value is -2.43. The van der Waals surface area contributed by atoms with Crippen LogP contribution in [0.1, 0.15) is 37.3 Å². The number of carbonyl (C=O) groups excluding carboxylic acids is 2. The molecule has 1 aromatic rings. The second kappa shape index (κ2) is 6.47. The Morgan fingerprint density at radius 1 is 1.40 bits per heavy atom. The molecular formula is C20H24N3O2+. The van der Waals surface area contributed by atoms with Crippen molar-refractivity contribution in [2.24, 2.45) is 11.8 Å². The van der Waals surface area contributed by atoms with Crippen LogP contribution in [0.2, 0.25) is 0 Å². The Labute approximate surface area is 147 Å². The van der Waals surface area contributed by atoms with Crippen molar-refractivity contribution in [2.45, 2.75) is 32.6 Å². The van der Waals surface area contributed by atoms with E-state index in [2.05, 4.69) is 23.3 Å². The van der Waals surface area contributed by atoms with Crippen LogP contribution in [0.25, 0.3) is 6.08 Å². The van der Waals surface area contributed by atoms with Crippen LogP contribution in [0, 0.1) is 11.8 Å². The number of carbonyl (C=O) groups is 2. The standard InChI is InChI=1S/C20H23N3O2/c1-2-13-7-16-11-23(12-17(16)8-13)19(25)6-3-14-9-15-4-5-18(24)22-20(15)21-10-14/h3,6-7,9-10,16-17H,2,4-5,8,11-12H2,1H3,(H,21,22,24)/p+1/b6-3+. The molecule has 25 heavy (non-hydrogen) atoms. The van der Waals surface area contributed by atoms with E-state index in [4.69, 9.17) is 0 Å². The van der Waals surface area contributed by atoms with Crippen LogP contribution in [-0.2, 0) is 16.0 Å². The average molecular weight is 338 g/mol. The third-order valence-electron chi connectivity index (χ3n) is 5.58. The fourth-order valence-corrected chi connectivity index (χ4v) is 4.15. The van der Waals surface area contributed by atoms with Gasteiger partial charge >= 0.3 is 5.91 Å². The third kappa shape index (κ3) is 3.23. The van der Waals surface area contributed by atoms with Crippen molar-refractivity contribution >= 4 is 23.7 Å². The van der Waals surface area contributed by atoms with Gasteiger partial charge in [-0.3, -0.25) is 4.79 Å². The van der Waals surface area contributed by atoms with Crippen LogP contribution in [-0.4, -0.2) is 29.8 Å². The van der Waals surface area contributed by atoms with Gasteiger partial charge in [0.1, 0.15) is 0 Å². The van der Waals surface area contributed by atoms with Crippen molar-refractivity contribution in [3.8, 4) is 0 Å². The first-order valence-corrected chi connectivity index (χ1v) is 9.13. The van der Waals surface area contributed by atoms with Gasteiger partial charge in [-0.05, 0) is 43.2 Å². The lowest BCUT2D eigenvalue weighted by molar-refractivity contribution is -0.361. The SMILES string of the molecule is CCC1=CC2CN(C(=O)/C=C/c3c[nH+]c4c(c3)CCC(=O)N4)CC2C1. The fraction of sp³-hybridized carbons (Fsp3) is 0.450. The Kier molecular flexibility index (Phi) is 4.15. The van der Waals surface area contributed by atoms with Crippen molar-refractivity contribution in [3.05, 3.63) is 41.1 Å². The lowest BCUT2D eigenvalue weighted by Gasteiger charge is -2.15. The quantitative estimate of drug-likeness (QED) is 0.678. The summed E-state index contributed by atoms with van der Waals surface area (Å²) in [5, 5.41) is 2.83. The molecular weight excluding hydrogens is 314 g/mol. The van der Waals surface area contributed by atoms with E-state index in [0.29, 0.717) is 18.3 Å². The molecule has 5 nitrogen and oxygen atoms in total. The number of hydrogen-bond donors (Lipinski definition) is 1. The van der Waals surface area contributed by atoms with Gasteiger partial charge in [0.05, 0.1) is 12.6 Å². The minimum absolute atomic E-state index is 0.0436. The second-order valence-corrected chi connectivity index (χ2v) is 7.26. The minimum Gasteiger partial charge on any atom is -0.338 e. The van der Waals surface area contributed by atoms with E-state index in [0.717, 1.165) is 49.3 Å². The predicted octanol–water partition coefficient (Wildman–Crippen LogP) is 2.21. The lowest BCUT2D eigenvalue weighted by atomic mass is 10.00. The monoisotopic (exact) mass is 338 g/mol. The number of aromatic nitrogens is 1. The van der Waals surface area contributed by atoms with Gasteiger partial charge in [0.25, 0.3) is 5.82 Å². The molecule has 1 saturated heterocycles. The fourth-order valence-electron chi connectivity index (χ4n) is 4.15. The van der Waals surface area contributed by atoms with Gasteiger partial charge in [0, 0.05) is 30.3 Å². The van der Waals surface area contributed by atoms with E-state index in [1.165, 1.54) is 0 Å².